The molecule has 30 heavy (non-hydrogen) atoms. The summed E-state index contributed by atoms with van der Waals surface area (Å²) in [6.45, 7) is 0.951. The number of anilines is 1. The van der Waals surface area contributed by atoms with Gasteiger partial charge in [-0.3, -0.25) is 4.79 Å². The van der Waals surface area contributed by atoms with Crippen LogP contribution >= 0.6 is 0 Å². The summed E-state index contributed by atoms with van der Waals surface area (Å²) in [5.74, 6) is 1.70. The summed E-state index contributed by atoms with van der Waals surface area (Å²) in [5.41, 5.74) is 1.23. The highest BCUT2D eigenvalue weighted by Crippen LogP contribution is 2.34. The lowest BCUT2D eigenvalue weighted by molar-refractivity contribution is -0.116. The quantitative estimate of drug-likeness (QED) is 0.526. The number of halogens is 1. The number of ether oxygens (including phenoxy) is 3. The van der Waals surface area contributed by atoms with Crippen molar-refractivity contribution in [3.05, 3.63) is 66.6 Å². The molecule has 2 aromatic carbocycles. The van der Waals surface area contributed by atoms with Gasteiger partial charge in [-0.15, -0.1) is 0 Å². The van der Waals surface area contributed by atoms with Crippen LogP contribution in [0.3, 0.4) is 0 Å². The fourth-order valence-corrected chi connectivity index (χ4v) is 2.85. The van der Waals surface area contributed by atoms with E-state index in [9.17, 15) is 9.18 Å². The van der Waals surface area contributed by atoms with Gasteiger partial charge in [-0.25, -0.2) is 14.4 Å². The lowest BCUT2D eigenvalue weighted by Crippen LogP contribution is -2.28. The predicted octanol–water partition coefficient (Wildman–Crippen LogP) is 4.18. The molecule has 1 amide bonds. The zero-order valence-electron chi connectivity index (χ0n) is 16.7. The number of para-hydroxylation sites is 2. The van der Waals surface area contributed by atoms with Crippen molar-refractivity contribution in [2.75, 3.05) is 25.3 Å². The van der Waals surface area contributed by atoms with E-state index in [1.165, 1.54) is 13.3 Å². The summed E-state index contributed by atoms with van der Waals surface area (Å²) in [6.07, 6.45) is 2.95. The molecule has 3 aromatic rings. The van der Waals surface area contributed by atoms with E-state index >= 15 is 0 Å². The Kier molecular flexibility index (Phi) is 7.15. The Morgan fingerprint density at radius 3 is 2.67 bits per heavy atom. The average molecular weight is 411 g/mol. The van der Waals surface area contributed by atoms with Gasteiger partial charge in [0.05, 0.1) is 19.3 Å². The normalized spacial score (nSPS) is 10.4. The molecule has 0 spiro atoms. The molecule has 0 saturated carbocycles. The Morgan fingerprint density at radius 2 is 1.97 bits per heavy atom. The van der Waals surface area contributed by atoms with Gasteiger partial charge in [0.2, 0.25) is 11.8 Å². The largest absolute Gasteiger partial charge is 0.497 e. The van der Waals surface area contributed by atoms with E-state index in [-0.39, 0.29) is 19.1 Å². The summed E-state index contributed by atoms with van der Waals surface area (Å²) < 4.78 is 29.3. The smallest absolute Gasteiger partial charge is 0.224 e. The molecule has 1 aromatic heterocycles. The molecule has 8 heteroatoms. The van der Waals surface area contributed by atoms with Crippen LogP contribution in [0.4, 0.5) is 10.1 Å². The molecular formula is C22H22FN3O4. The van der Waals surface area contributed by atoms with Crippen LogP contribution in [-0.2, 0) is 11.3 Å². The van der Waals surface area contributed by atoms with Gasteiger partial charge in [0.1, 0.15) is 31.1 Å². The maximum Gasteiger partial charge on any atom is 0.224 e. The van der Waals surface area contributed by atoms with Crippen molar-refractivity contribution in [1.29, 1.82) is 0 Å². The standard InChI is InChI=1S/C22H22FN3O4/c1-16(27)26(14-17-13-18(28-2)7-8-20(17)29-12-10-23)19-5-3-4-6-21(19)30-22-9-11-24-15-25-22/h3-9,11,13,15H,10,12,14H2,1-2H3. The summed E-state index contributed by atoms with van der Waals surface area (Å²) in [7, 11) is 1.55. The molecule has 0 N–H and O–H groups in total. The molecule has 0 atom stereocenters. The Balaban J connectivity index is 1.95. The molecule has 0 aliphatic rings. The summed E-state index contributed by atoms with van der Waals surface area (Å²) in [4.78, 5) is 22.0. The molecule has 0 bridgehead atoms. The second kappa shape index (κ2) is 10.2. The summed E-state index contributed by atoms with van der Waals surface area (Å²) >= 11 is 0. The minimum Gasteiger partial charge on any atom is -0.497 e. The van der Waals surface area contributed by atoms with Crippen LogP contribution in [0.5, 0.6) is 23.1 Å². The number of nitrogens with zero attached hydrogens (tertiary/aromatic N) is 3. The van der Waals surface area contributed by atoms with Gasteiger partial charge in [0.25, 0.3) is 0 Å². The maximum absolute atomic E-state index is 12.6. The number of hydrogen-bond donors (Lipinski definition) is 0. The summed E-state index contributed by atoms with van der Waals surface area (Å²) in [5, 5.41) is 0. The zero-order valence-corrected chi connectivity index (χ0v) is 16.7. The molecule has 0 radical (unpaired) electrons. The number of benzene rings is 2. The molecule has 0 aliphatic heterocycles. The van der Waals surface area contributed by atoms with E-state index in [4.69, 9.17) is 14.2 Å². The minimum atomic E-state index is -0.614. The molecule has 0 saturated heterocycles. The van der Waals surface area contributed by atoms with Crippen molar-refractivity contribution in [3.8, 4) is 23.1 Å². The second-order valence-electron chi connectivity index (χ2n) is 6.23. The van der Waals surface area contributed by atoms with Gasteiger partial charge in [-0.05, 0) is 30.3 Å². The van der Waals surface area contributed by atoms with Crippen molar-refractivity contribution < 1.29 is 23.4 Å². The Bertz CT molecular complexity index is 985. The zero-order chi connectivity index (χ0) is 21.3. The molecule has 1 heterocycles. The van der Waals surface area contributed by atoms with Crippen LogP contribution in [0.1, 0.15) is 12.5 Å². The number of rotatable bonds is 9. The third kappa shape index (κ3) is 5.22. The Morgan fingerprint density at radius 1 is 1.13 bits per heavy atom. The predicted molar refractivity (Wildman–Crippen MR) is 110 cm³/mol. The highest BCUT2D eigenvalue weighted by molar-refractivity contribution is 5.93. The van der Waals surface area contributed by atoms with Gasteiger partial charge in [-0.2, -0.15) is 0 Å². The monoisotopic (exact) mass is 411 g/mol. The van der Waals surface area contributed by atoms with Gasteiger partial charge in [0.15, 0.2) is 5.75 Å². The molecule has 3 rings (SSSR count). The number of hydrogen-bond acceptors (Lipinski definition) is 6. The number of carbonyl (C=O) groups is 1. The van der Waals surface area contributed by atoms with Crippen LogP contribution in [0.25, 0.3) is 0 Å². The van der Waals surface area contributed by atoms with E-state index in [2.05, 4.69) is 9.97 Å². The fourth-order valence-electron chi connectivity index (χ4n) is 2.85. The van der Waals surface area contributed by atoms with Crippen LogP contribution < -0.4 is 19.1 Å². The van der Waals surface area contributed by atoms with E-state index in [0.29, 0.717) is 34.4 Å². The first-order valence-electron chi connectivity index (χ1n) is 9.29. The number of aromatic nitrogens is 2. The first kappa shape index (κ1) is 21.0. The first-order chi connectivity index (χ1) is 14.6. The molecule has 156 valence electrons. The van der Waals surface area contributed by atoms with Crippen molar-refractivity contribution in [1.82, 2.24) is 9.97 Å². The second-order valence-corrected chi connectivity index (χ2v) is 6.23. The van der Waals surface area contributed by atoms with Gasteiger partial charge in [-0.1, -0.05) is 12.1 Å². The van der Waals surface area contributed by atoms with Crippen molar-refractivity contribution >= 4 is 11.6 Å². The molecule has 0 unspecified atom stereocenters. The molecule has 7 nitrogen and oxygen atoms in total. The minimum absolute atomic E-state index is 0.0766. The number of methoxy groups -OCH3 is 1. The van der Waals surface area contributed by atoms with Crippen molar-refractivity contribution in [2.24, 2.45) is 0 Å². The summed E-state index contributed by atoms with van der Waals surface area (Å²) in [6, 6.07) is 14.0. The highest BCUT2D eigenvalue weighted by atomic mass is 19.1. The average Bonchev–Trinajstić information content (AvgIpc) is 2.77. The van der Waals surface area contributed by atoms with E-state index in [1.54, 1.807) is 60.7 Å². The topological polar surface area (TPSA) is 73.8 Å². The number of amides is 1. The highest BCUT2D eigenvalue weighted by Gasteiger charge is 2.20. The first-order valence-corrected chi connectivity index (χ1v) is 9.29. The van der Waals surface area contributed by atoms with Crippen LogP contribution in [0.15, 0.2) is 61.1 Å². The maximum atomic E-state index is 12.6. The van der Waals surface area contributed by atoms with Crippen LogP contribution in [0, 0.1) is 0 Å². The third-order valence-corrected chi connectivity index (χ3v) is 4.24. The van der Waals surface area contributed by atoms with Crippen molar-refractivity contribution in [2.45, 2.75) is 13.5 Å². The van der Waals surface area contributed by atoms with E-state index < -0.39 is 6.67 Å². The third-order valence-electron chi connectivity index (χ3n) is 4.24. The van der Waals surface area contributed by atoms with Gasteiger partial charge < -0.3 is 19.1 Å². The van der Waals surface area contributed by atoms with E-state index in [0.717, 1.165) is 0 Å². The van der Waals surface area contributed by atoms with Crippen molar-refractivity contribution in [3.63, 3.8) is 0 Å². The number of alkyl halides is 1. The van der Waals surface area contributed by atoms with Crippen LogP contribution in [-0.4, -0.2) is 36.3 Å². The Labute approximate surface area is 174 Å². The lowest BCUT2D eigenvalue weighted by atomic mass is 10.1. The van der Waals surface area contributed by atoms with Crippen LogP contribution in [0.2, 0.25) is 0 Å². The van der Waals surface area contributed by atoms with E-state index in [1.807, 2.05) is 6.07 Å². The SMILES string of the molecule is COc1ccc(OCCF)c(CN(C(C)=O)c2ccccc2Oc2ccncn2)c1. The molecule has 0 fully saturated rings. The number of carbonyl (C=O) groups excluding carboxylic acids is 1. The molecular weight excluding hydrogens is 389 g/mol. The lowest BCUT2D eigenvalue weighted by Gasteiger charge is -2.25. The molecule has 0 aliphatic carbocycles. The fraction of sp³-hybridized carbons (Fsp3) is 0.227. The Hall–Kier alpha value is -3.68. The van der Waals surface area contributed by atoms with Gasteiger partial charge in [0, 0.05) is 24.8 Å². The van der Waals surface area contributed by atoms with Gasteiger partial charge >= 0.3 is 0 Å².